The van der Waals surface area contributed by atoms with E-state index in [-0.39, 0.29) is 18.7 Å². The van der Waals surface area contributed by atoms with Crippen molar-refractivity contribution in [2.45, 2.75) is 211 Å². The largest absolute Gasteiger partial charge is 0.481 e. The first kappa shape index (κ1) is 57.8. The Hall–Kier alpha value is -2.54. The van der Waals surface area contributed by atoms with Crippen LogP contribution >= 0.6 is 15.6 Å². The second kappa shape index (κ2) is 31.6. The molecule has 0 spiro atoms. The van der Waals surface area contributed by atoms with Crippen LogP contribution in [0.2, 0.25) is 0 Å². The number of aromatic nitrogens is 2. The van der Waals surface area contributed by atoms with Gasteiger partial charge in [-0.2, -0.15) is 9.29 Å². The number of anilines is 1. The smallest absolute Gasteiger partial charge is 0.462 e. The summed E-state index contributed by atoms with van der Waals surface area (Å²) in [6, 6.07) is 1.25. The first-order chi connectivity index (χ1) is 31.5. The van der Waals surface area contributed by atoms with Crippen LogP contribution < -0.4 is 11.4 Å². The molecule has 2 aliphatic rings. The van der Waals surface area contributed by atoms with E-state index in [0.717, 1.165) is 87.3 Å². The number of nitrogens with two attached hydrogens (primary N) is 1. The van der Waals surface area contributed by atoms with Gasteiger partial charge in [0.15, 0.2) is 12.3 Å². The molecule has 6 N–H and O–H groups in total. The SMILES string of the molecule is CCCCCC1OC1C/C=C\CCCCCCCC(=O)OC[C@H](COP(=O)(O)OP(=O)(O)OC[C@H]1O[C@@H](n2ccc(N)nc2=O)[C@H](O)[C@@H]1O)OC(=O)CCCCCCCCCCCC(C)C. The molecule has 3 rings (SSSR count). The van der Waals surface area contributed by atoms with Crippen molar-refractivity contribution in [3.63, 3.8) is 0 Å². The molecule has 4 unspecified atom stereocenters. The summed E-state index contributed by atoms with van der Waals surface area (Å²) in [5, 5.41) is 20.9. The van der Waals surface area contributed by atoms with E-state index in [1.54, 1.807) is 0 Å². The highest BCUT2D eigenvalue weighted by Gasteiger charge is 2.46. The monoisotopic (exact) mass is 979 g/mol. The lowest BCUT2D eigenvalue weighted by Gasteiger charge is -2.21. The van der Waals surface area contributed by atoms with Gasteiger partial charge in [0, 0.05) is 19.0 Å². The molecule has 0 aliphatic carbocycles. The zero-order valence-corrected chi connectivity index (χ0v) is 41.2. The highest BCUT2D eigenvalue weighted by Crippen LogP contribution is 2.60. The van der Waals surface area contributed by atoms with Gasteiger partial charge in [0.05, 0.1) is 25.4 Å². The minimum Gasteiger partial charge on any atom is -0.462 e. The predicted octanol–water partition coefficient (Wildman–Crippen LogP) is 8.12. The van der Waals surface area contributed by atoms with Crippen LogP contribution in [0.1, 0.15) is 175 Å². The van der Waals surface area contributed by atoms with Gasteiger partial charge in [-0.05, 0) is 50.5 Å². The summed E-state index contributed by atoms with van der Waals surface area (Å²) in [6.07, 6.45) is 20.6. The third-order valence-corrected chi connectivity index (χ3v) is 14.1. The van der Waals surface area contributed by atoms with Gasteiger partial charge in [-0.3, -0.25) is 23.2 Å². The Kier molecular flexibility index (Phi) is 27.6. The highest BCUT2D eigenvalue weighted by atomic mass is 31.3. The number of phosphoric ester groups is 2. The Morgan fingerprint density at radius 2 is 1.41 bits per heavy atom. The predicted molar refractivity (Wildman–Crippen MR) is 247 cm³/mol. The van der Waals surface area contributed by atoms with E-state index in [1.165, 1.54) is 57.4 Å². The van der Waals surface area contributed by atoms with E-state index < -0.39 is 83.7 Å². The second-order valence-corrected chi connectivity index (χ2v) is 20.9. The highest BCUT2D eigenvalue weighted by molar-refractivity contribution is 7.61. The molecule has 0 bridgehead atoms. The Bertz CT molecular complexity index is 1730. The molecule has 9 atom stereocenters. The summed E-state index contributed by atoms with van der Waals surface area (Å²) in [6.45, 7) is 4.36. The minimum absolute atomic E-state index is 0.0467. The van der Waals surface area contributed by atoms with E-state index in [4.69, 9.17) is 33.7 Å². The summed E-state index contributed by atoms with van der Waals surface area (Å²) in [5.74, 6) is -0.585. The van der Waals surface area contributed by atoms with Crippen molar-refractivity contribution < 1.29 is 71.0 Å². The van der Waals surface area contributed by atoms with Gasteiger partial charge in [0.1, 0.15) is 30.7 Å². The van der Waals surface area contributed by atoms with E-state index in [1.807, 2.05) is 0 Å². The fourth-order valence-electron chi connectivity index (χ4n) is 7.56. The maximum atomic E-state index is 12.8. The molecule has 2 fully saturated rings. The van der Waals surface area contributed by atoms with Crippen LogP contribution in [0.5, 0.6) is 0 Å². The summed E-state index contributed by atoms with van der Waals surface area (Å²) < 4.78 is 62.4. The van der Waals surface area contributed by atoms with Crippen LogP contribution in [0.3, 0.4) is 0 Å². The van der Waals surface area contributed by atoms with Crippen LogP contribution in [-0.2, 0) is 51.0 Å². The van der Waals surface area contributed by atoms with Crippen molar-refractivity contribution in [1.82, 2.24) is 9.55 Å². The number of aliphatic hydroxyl groups is 2. The first-order valence-corrected chi connectivity index (χ1v) is 27.2. The van der Waals surface area contributed by atoms with E-state index in [2.05, 4.69) is 42.2 Å². The van der Waals surface area contributed by atoms with Crippen LogP contribution in [0.4, 0.5) is 5.82 Å². The molecule has 0 aromatic carbocycles. The molecule has 2 saturated heterocycles. The second-order valence-electron chi connectivity index (χ2n) is 17.8. The molecule has 3 heterocycles. The number of phosphoric acid groups is 2. The van der Waals surface area contributed by atoms with Crippen molar-refractivity contribution in [3.05, 3.63) is 34.9 Å². The first-order valence-electron chi connectivity index (χ1n) is 24.2. The molecule has 0 radical (unpaired) electrons. The molecule has 2 aliphatic heterocycles. The van der Waals surface area contributed by atoms with Crippen molar-refractivity contribution >= 4 is 33.4 Å². The summed E-state index contributed by atoms with van der Waals surface area (Å²) in [4.78, 5) is 61.8. The quantitative estimate of drug-likeness (QED) is 0.0137. The maximum absolute atomic E-state index is 12.8. The molecule has 380 valence electrons. The molecular weight excluding hydrogens is 900 g/mol. The Balaban J connectivity index is 1.40. The van der Waals surface area contributed by atoms with Gasteiger partial charge in [-0.1, -0.05) is 129 Å². The zero-order chi connectivity index (χ0) is 48.4. The number of epoxide rings is 1. The zero-order valence-electron chi connectivity index (χ0n) is 39.4. The van der Waals surface area contributed by atoms with Gasteiger partial charge in [0.2, 0.25) is 0 Å². The molecule has 66 heavy (non-hydrogen) atoms. The lowest BCUT2D eigenvalue weighted by atomic mass is 10.0. The van der Waals surface area contributed by atoms with Crippen molar-refractivity contribution in [2.75, 3.05) is 25.6 Å². The Labute approximate surface area is 390 Å². The number of nitrogens with zero attached hydrogens (tertiary/aromatic N) is 2. The van der Waals surface area contributed by atoms with Gasteiger partial charge in [-0.15, -0.1) is 0 Å². The number of nitrogen functional groups attached to an aromatic ring is 1. The number of unbranched alkanes of at least 4 members (excludes halogenated alkanes) is 15. The molecule has 19 nitrogen and oxygen atoms in total. The van der Waals surface area contributed by atoms with Crippen molar-refractivity contribution in [2.24, 2.45) is 5.92 Å². The van der Waals surface area contributed by atoms with Gasteiger partial charge < -0.3 is 44.7 Å². The van der Waals surface area contributed by atoms with E-state index in [0.29, 0.717) is 25.0 Å². The number of allylic oxidation sites excluding steroid dienone is 1. The number of esters is 2. The molecule has 0 amide bonds. The number of carbonyl (C=O) groups is 2. The van der Waals surface area contributed by atoms with Crippen LogP contribution in [0, 0.1) is 5.92 Å². The van der Waals surface area contributed by atoms with Gasteiger partial charge in [0.25, 0.3) is 0 Å². The van der Waals surface area contributed by atoms with E-state index in [9.17, 15) is 43.5 Å². The van der Waals surface area contributed by atoms with Gasteiger partial charge in [-0.25, -0.2) is 13.9 Å². The number of hydrogen-bond donors (Lipinski definition) is 5. The summed E-state index contributed by atoms with van der Waals surface area (Å²) >= 11 is 0. The van der Waals surface area contributed by atoms with E-state index >= 15 is 0 Å². The number of aliphatic hydroxyl groups excluding tert-OH is 2. The average Bonchev–Trinajstić information content (AvgIpc) is 3.94. The standard InChI is InChI=1S/C45H79N3O16P2/c1-4-5-19-25-36-37(62-36)26-21-16-12-9-10-13-17-22-27-40(49)58-31-35(61-41(50)28-23-18-14-8-6-7-11-15-20-24-34(2)3)32-59-65(54,55)64-66(56,57)60-33-38-42(51)43(52)44(63-38)48-30-29-39(46)47-45(48)53/h16,21,29-30,34-38,42-44,51-52H,4-15,17-20,22-28,31-33H2,1-3H3,(H,54,55)(H,56,57)(H2,46,47,53)/b21-16-/t35-,36?,37?,38-,42-,43-,44-/m1/s1. The average molecular weight is 980 g/mol. The van der Waals surface area contributed by atoms with Crippen LogP contribution in [0.25, 0.3) is 0 Å². The topological polar surface area (TPSA) is 278 Å². The molecule has 21 heteroatoms. The van der Waals surface area contributed by atoms with Crippen LogP contribution in [0.15, 0.2) is 29.2 Å². The van der Waals surface area contributed by atoms with Gasteiger partial charge >= 0.3 is 33.3 Å². The lowest BCUT2D eigenvalue weighted by Crippen LogP contribution is -2.36. The normalized spacial score (nSPS) is 22.9. The molecular formula is C45H79N3O16P2. The molecule has 1 aromatic rings. The molecule has 1 aromatic heterocycles. The van der Waals surface area contributed by atoms with Crippen LogP contribution in [-0.4, -0.2) is 97.9 Å². The summed E-state index contributed by atoms with van der Waals surface area (Å²) in [5.41, 5.74) is 4.58. The number of hydrogen-bond acceptors (Lipinski definition) is 16. The molecule has 0 saturated carbocycles. The van der Waals surface area contributed by atoms with Crippen molar-refractivity contribution in [1.29, 1.82) is 0 Å². The third kappa shape index (κ3) is 24.7. The van der Waals surface area contributed by atoms with Crippen molar-refractivity contribution in [3.8, 4) is 0 Å². The maximum Gasteiger partial charge on any atom is 0.481 e. The number of ether oxygens (including phenoxy) is 4. The Morgan fingerprint density at radius 1 is 0.788 bits per heavy atom. The third-order valence-electron chi connectivity index (χ3n) is 11.5. The number of carbonyl (C=O) groups excluding carboxylic acids is 2. The number of rotatable bonds is 38. The lowest BCUT2D eigenvalue weighted by molar-refractivity contribution is -0.161. The summed E-state index contributed by atoms with van der Waals surface area (Å²) in [7, 11) is -10.8. The Morgan fingerprint density at radius 3 is 2.06 bits per heavy atom. The fourth-order valence-corrected chi connectivity index (χ4v) is 9.67. The minimum atomic E-state index is -5.42. The fraction of sp³-hybridized carbons (Fsp3) is 0.822.